The van der Waals surface area contributed by atoms with Gasteiger partial charge in [-0.2, -0.15) is 0 Å². The Hall–Kier alpha value is -1.60. The van der Waals surface area contributed by atoms with Crippen molar-refractivity contribution in [3.8, 4) is 0 Å². The van der Waals surface area contributed by atoms with Gasteiger partial charge in [0.15, 0.2) is 10.8 Å². The number of aromatic nitrogens is 2. The summed E-state index contributed by atoms with van der Waals surface area (Å²) in [7, 11) is -3.62. The molecule has 2 heterocycles. The summed E-state index contributed by atoms with van der Waals surface area (Å²) in [4.78, 5) is 4.03. The van der Waals surface area contributed by atoms with E-state index in [-0.39, 0.29) is 10.8 Å². The normalized spacial score (nSPS) is 12.1. The lowest BCUT2D eigenvalue weighted by Crippen LogP contribution is -2.26. The average Bonchev–Trinajstić information content (AvgIpc) is 2.65. The van der Waals surface area contributed by atoms with Gasteiger partial charge in [-0.1, -0.05) is 19.4 Å². The van der Waals surface area contributed by atoms with Crippen LogP contribution in [0.4, 0.5) is 5.82 Å². The molecule has 0 saturated carbocycles. The zero-order valence-electron chi connectivity index (χ0n) is 10.1. The van der Waals surface area contributed by atoms with Crippen LogP contribution in [0.25, 0.3) is 5.65 Å². The van der Waals surface area contributed by atoms with Gasteiger partial charge in [0, 0.05) is 12.7 Å². The van der Waals surface area contributed by atoms with E-state index >= 15 is 0 Å². The third-order valence-corrected chi connectivity index (χ3v) is 4.09. The van der Waals surface area contributed by atoms with Gasteiger partial charge in [-0.05, 0) is 18.6 Å². The molecule has 0 saturated heterocycles. The van der Waals surface area contributed by atoms with Crippen molar-refractivity contribution in [2.24, 2.45) is 0 Å². The molecule has 0 atom stereocenters. The molecule has 0 amide bonds. The Bertz CT molecular complexity index is 648. The van der Waals surface area contributed by atoms with Gasteiger partial charge in [-0.25, -0.2) is 18.1 Å². The minimum absolute atomic E-state index is 0.00852. The Labute approximate surface area is 106 Å². The molecule has 0 spiro atoms. The number of pyridine rings is 1. The monoisotopic (exact) mass is 268 g/mol. The molecule has 2 rings (SSSR count). The molecule has 98 valence electrons. The molecule has 3 N–H and O–H groups in total. The average molecular weight is 268 g/mol. The fourth-order valence-corrected chi connectivity index (χ4v) is 2.99. The summed E-state index contributed by atoms with van der Waals surface area (Å²) in [5, 5.41) is 0.00852. The maximum absolute atomic E-state index is 12.2. The van der Waals surface area contributed by atoms with Crippen molar-refractivity contribution in [3.05, 3.63) is 24.4 Å². The number of nitrogens with zero attached hydrogens (tertiary/aromatic N) is 2. The van der Waals surface area contributed by atoms with Crippen LogP contribution in [0.2, 0.25) is 0 Å². The van der Waals surface area contributed by atoms with Crippen LogP contribution in [0.5, 0.6) is 0 Å². The van der Waals surface area contributed by atoms with Crippen LogP contribution in [-0.2, 0) is 10.0 Å². The zero-order valence-corrected chi connectivity index (χ0v) is 10.9. The Morgan fingerprint density at radius 1 is 1.44 bits per heavy atom. The van der Waals surface area contributed by atoms with Gasteiger partial charge in [-0.3, -0.25) is 4.40 Å². The summed E-state index contributed by atoms with van der Waals surface area (Å²) in [6, 6.07) is 5.23. The van der Waals surface area contributed by atoms with Gasteiger partial charge in [-0.15, -0.1) is 0 Å². The van der Waals surface area contributed by atoms with Gasteiger partial charge in [0.1, 0.15) is 5.65 Å². The first-order chi connectivity index (χ1) is 8.56. The van der Waals surface area contributed by atoms with E-state index in [9.17, 15) is 8.42 Å². The minimum Gasteiger partial charge on any atom is -0.381 e. The highest BCUT2D eigenvalue weighted by atomic mass is 32.2. The standard InChI is InChI=1S/C11H16N4O2S/c1-2-3-7-13-18(16,17)11-10(12)14-9-6-4-5-8-15(9)11/h4-6,8,13H,2-3,7,12H2,1H3. The number of nitrogen functional groups attached to an aromatic ring is 1. The molecule has 0 aromatic carbocycles. The van der Waals surface area contributed by atoms with E-state index in [1.54, 1.807) is 24.4 Å². The van der Waals surface area contributed by atoms with Crippen molar-refractivity contribution in [1.82, 2.24) is 14.1 Å². The summed E-state index contributed by atoms with van der Waals surface area (Å²) in [5.74, 6) is 0.0187. The van der Waals surface area contributed by atoms with Gasteiger partial charge in [0.25, 0.3) is 10.0 Å². The Balaban J connectivity index is 2.43. The highest BCUT2D eigenvalue weighted by Gasteiger charge is 2.22. The summed E-state index contributed by atoms with van der Waals surface area (Å²) in [6.45, 7) is 2.40. The summed E-state index contributed by atoms with van der Waals surface area (Å²) < 4.78 is 28.3. The quantitative estimate of drug-likeness (QED) is 0.791. The Kier molecular flexibility index (Phi) is 3.53. The van der Waals surface area contributed by atoms with E-state index in [1.165, 1.54) is 4.40 Å². The lowest BCUT2D eigenvalue weighted by molar-refractivity contribution is 0.574. The maximum Gasteiger partial charge on any atom is 0.260 e. The lowest BCUT2D eigenvalue weighted by atomic mass is 10.3. The molecular weight excluding hydrogens is 252 g/mol. The molecule has 0 aliphatic heterocycles. The lowest BCUT2D eigenvalue weighted by Gasteiger charge is -2.06. The number of nitrogens with one attached hydrogen (secondary N) is 1. The molecule has 2 aromatic heterocycles. The van der Waals surface area contributed by atoms with Crippen LogP contribution in [0.1, 0.15) is 19.8 Å². The fourth-order valence-electron chi connectivity index (χ4n) is 1.71. The number of anilines is 1. The largest absolute Gasteiger partial charge is 0.381 e. The Morgan fingerprint density at radius 3 is 2.94 bits per heavy atom. The third-order valence-electron chi connectivity index (χ3n) is 2.59. The number of unbranched alkanes of at least 4 members (excludes halogenated alkanes) is 1. The van der Waals surface area contributed by atoms with E-state index < -0.39 is 10.0 Å². The SMILES string of the molecule is CCCCNS(=O)(=O)c1c(N)nc2ccccn12. The van der Waals surface area contributed by atoms with E-state index in [0.29, 0.717) is 12.2 Å². The highest BCUT2D eigenvalue weighted by Crippen LogP contribution is 2.19. The molecular formula is C11H16N4O2S. The Morgan fingerprint density at radius 2 is 2.22 bits per heavy atom. The second-order valence-electron chi connectivity index (χ2n) is 3.98. The van der Waals surface area contributed by atoms with Gasteiger partial charge in [0.05, 0.1) is 0 Å². The molecule has 0 aliphatic carbocycles. The molecule has 7 heteroatoms. The van der Waals surface area contributed by atoms with Gasteiger partial charge < -0.3 is 5.73 Å². The first-order valence-corrected chi connectivity index (χ1v) is 7.27. The number of sulfonamides is 1. The van der Waals surface area contributed by atoms with Crippen molar-refractivity contribution >= 4 is 21.5 Å². The maximum atomic E-state index is 12.2. The van der Waals surface area contributed by atoms with Crippen molar-refractivity contribution in [1.29, 1.82) is 0 Å². The summed E-state index contributed by atoms with van der Waals surface area (Å²) >= 11 is 0. The van der Waals surface area contributed by atoms with E-state index in [1.807, 2.05) is 6.92 Å². The van der Waals surface area contributed by atoms with Crippen LogP contribution in [-0.4, -0.2) is 24.3 Å². The van der Waals surface area contributed by atoms with Gasteiger partial charge >= 0.3 is 0 Å². The van der Waals surface area contributed by atoms with Crippen LogP contribution < -0.4 is 10.5 Å². The highest BCUT2D eigenvalue weighted by molar-refractivity contribution is 7.89. The number of nitrogens with two attached hydrogens (primary N) is 1. The van der Waals surface area contributed by atoms with Crippen LogP contribution in [0.3, 0.4) is 0 Å². The van der Waals surface area contributed by atoms with Crippen LogP contribution in [0.15, 0.2) is 29.4 Å². The van der Waals surface area contributed by atoms with Crippen molar-refractivity contribution in [2.75, 3.05) is 12.3 Å². The third kappa shape index (κ3) is 2.32. The van der Waals surface area contributed by atoms with Crippen LogP contribution >= 0.6 is 0 Å². The molecule has 18 heavy (non-hydrogen) atoms. The van der Waals surface area contributed by atoms with Crippen molar-refractivity contribution < 1.29 is 8.42 Å². The molecule has 0 bridgehead atoms. The molecule has 0 aliphatic rings. The van der Waals surface area contributed by atoms with Gasteiger partial charge in [0.2, 0.25) is 0 Å². The van der Waals surface area contributed by atoms with E-state index in [4.69, 9.17) is 5.73 Å². The number of hydrogen-bond donors (Lipinski definition) is 2. The second kappa shape index (κ2) is 4.95. The molecule has 0 fully saturated rings. The van der Waals surface area contributed by atoms with E-state index in [0.717, 1.165) is 12.8 Å². The predicted octanol–water partition coefficient (Wildman–Crippen LogP) is 0.995. The first-order valence-electron chi connectivity index (χ1n) is 5.78. The summed E-state index contributed by atoms with van der Waals surface area (Å²) in [5.41, 5.74) is 6.21. The first kappa shape index (κ1) is 12.8. The minimum atomic E-state index is -3.62. The number of imidazole rings is 1. The van der Waals surface area contributed by atoms with Crippen LogP contribution in [0, 0.1) is 0 Å². The fraction of sp³-hybridized carbons (Fsp3) is 0.364. The second-order valence-corrected chi connectivity index (χ2v) is 5.66. The zero-order chi connectivity index (χ0) is 13.2. The molecule has 2 aromatic rings. The summed E-state index contributed by atoms with van der Waals surface area (Å²) in [6.07, 6.45) is 3.34. The topological polar surface area (TPSA) is 89.5 Å². The van der Waals surface area contributed by atoms with E-state index in [2.05, 4.69) is 9.71 Å². The smallest absolute Gasteiger partial charge is 0.260 e. The number of hydrogen-bond acceptors (Lipinski definition) is 4. The molecule has 6 nitrogen and oxygen atoms in total. The molecule has 0 unspecified atom stereocenters. The molecule has 0 radical (unpaired) electrons. The van der Waals surface area contributed by atoms with Crippen molar-refractivity contribution in [3.63, 3.8) is 0 Å². The number of rotatable bonds is 5. The predicted molar refractivity (Wildman–Crippen MR) is 69.7 cm³/mol. The number of fused-ring (bicyclic) bond motifs is 1. The van der Waals surface area contributed by atoms with Crippen molar-refractivity contribution in [2.45, 2.75) is 24.8 Å².